The quantitative estimate of drug-likeness (QED) is 0.839. The molecule has 0 saturated heterocycles. The summed E-state index contributed by atoms with van der Waals surface area (Å²) in [5.74, 6) is 1.72. The van der Waals surface area contributed by atoms with Crippen molar-refractivity contribution >= 4 is 19.7 Å². The Morgan fingerprint density at radius 3 is 2.60 bits per heavy atom. The number of fused-ring (bicyclic) bond motifs is 2. The topological polar surface area (TPSA) is 89.0 Å². The van der Waals surface area contributed by atoms with Gasteiger partial charge in [-0.25, -0.2) is 13.2 Å². The summed E-state index contributed by atoms with van der Waals surface area (Å²) in [7, 11) is 1.06. The molecule has 1 aromatic rings. The first kappa shape index (κ1) is 13.9. The fourth-order valence-corrected chi connectivity index (χ4v) is 4.51. The molecule has 0 aliphatic heterocycles. The molecule has 0 radical (unpaired) electrons. The summed E-state index contributed by atoms with van der Waals surface area (Å²) in [6, 6.07) is 0. The van der Waals surface area contributed by atoms with Crippen LogP contribution in [-0.2, 0) is 15.6 Å². The molecular weight excluding hydrogens is 304 g/mol. The number of rotatable bonds is 3. The van der Waals surface area contributed by atoms with Gasteiger partial charge >= 0.3 is 5.69 Å². The molecule has 3 unspecified atom stereocenters. The fourth-order valence-electron chi connectivity index (χ4n) is 3.65. The molecule has 3 rings (SSSR count). The highest BCUT2D eigenvalue weighted by Gasteiger charge is 2.39. The van der Waals surface area contributed by atoms with Crippen molar-refractivity contribution in [3.05, 3.63) is 27.0 Å². The van der Waals surface area contributed by atoms with Crippen LogP contribution in [0.25, 0.3) is 0 Å². The summed E-state index contributed by atoms with van der Waals surface area (Å²) in [6.07, 6.45) is 5.76. The third kappa shape index (κ3) is 2.44. The van der Waals surface area contributed by atoms with Crippen molar-refractivity contribution in [2.45, 2.75) is 37.1 Å². The Bertz CT molecular complexity index is 751. The molecule has 2 fully saturated rings. The van der Waals surface area contributed by atoms with Gasteiger partial charge in [0, 0.05) is 23.4 Å². The molecule has 2 bridgehead atoms. The first-order valence-electron chi connectivity index (χ1n) is 6.63. The summed E-state index contributed by atoms with van der Waals surface area (Å²) in [5, 5.41) is 0. The van der Waals surface area contributed by atoms with Crippen LogP contribution in [0.1, 0.15) is 25.7 Å². The molecular formula is C12H15ClN2O4S. The second kappa shape index (κ2) is 4.73. The lowest BCUT2D eigenvalue weighted by Crippen LogP contribution is -2.34. The number of aromatic amines is 1. The van der Waals surface area contributed by atoms with Gasteiger partial charge in [-0.2, -0.15) is 0 Å². The van der Waals surface area contributed by atoms with E-state index in [1.165, 1.54) is 23.8 Å². The van der Waals surface area contributed by atoms with Crippen LogP contribution in [0.15, 0.2) is 20.7 Å². The Balaban J connectivity index is 1.94. The lowest BCUT2D eigenvalue weighted by atomic mass is 9.89. The van der Waals surface area contributed by atoms with E-state index in [0.29, 0.717) is 18.4 Å². The molecule has 6 nitrogen and oxygen atoms in total. The Morgan fingerprint density at radius 1 is 1.30 bits per heavy atom. The van der Waals surface area contributed by atoms with Crippen molar-refractivity contribution in [1.29, 1.82) is 0 Å². The van der Waals surface area contributed by atoms with E-state index in [4.69, 9.17) is 10.7 Å². The van der Waals surface area contributed by atoms with E-state index in [1.807, 2.05) is 4.98 Å². The van der Waals surface area contributed by atoms with Crippen molar-refractivity contribution in [1.82, 2.24) is 9.55 Å². The van der Waals surface area contributed by atoms with E-state index in [1.54, 1.807) is 0 Å². The van der Waals surface area contributed by atoms with Crippen LogP contribution >= 0.6 is 10.7 Å². The first-order chi connectivity index (χ1) is 9.34. The minimum absolute atomic E-state index is 0.378. The van der Waals surface area contributed by atoms with Gasteiger partial charge in [0.05, 0.1) is 0 Å². The summed E-state index contributed by atoms with van der Waals surface area (Å²) in [6.45, 7) is 0.441. The zero-order chi connectivity index (χ0) is 14.5. The minimum atomic E-state index is -4.15. The van der Waals surface area contributed by atoms with Crippen LogP contribution in [0, 0.1) is 17.8 Å². The molecule has 3 atom stereocenters. The molecule has 110 valence electrons. The monoisotopic (exact) mass is 318 g/mol. The summed E-state index contributed by atoms with van der Waals surface area (Å²) in [5.41, 5.74) is -1.55. The van der Waals surface area contributed by atoms with E-state index in [0.717, 1.165) is 18.5 Å². The largest absolute Gasteiger partial charge is 0.328 e. The maximum atomic E-state index is 11.8. The van der Waals surface area contributed by atoms with Gasteiger partial charge in [0.25, 0.3) is 14.6 Å². The zero-order valence-corrected chi connectivity index (χ0v) is 12.3. The second-order valence-electron chi connectivity index (χ2n) is 5.78. The van der Waals surface area contributed by atoms with Gasteiger partial charge in [-0.05, 0) is 37.0 Å². The van der Waals surface area contributed by atoms with Crippen molar-refractivity contribution < 1.29 is 8.42 Å². The van der Waals surface area contributed by atoms with E-state index < -0.39 is 25.2 Å². The highest BCUT2D eigenvalue weighted by molar-refractivity contribution is 8.13. The van der Waals surface area contributed by atoms with Crippen molar-refractivity contribution in [3.8, 4) is 0 Å². The van der Waals surface area contributed by atoms with Gasteiger partial charge < -0.3 is 0 Å². The predicted octanol–water partition coefficient (Wildman–Crippen LogP) is 0.900. The van der Waals surface area contributed by atoms with E-state index in [-0.39, 0.29) is 0 Å². The third-order valence-electron chi connectivity index (χ3n) is 4.56. The van der Waals surface area contributed by atoms with Gasteiger partial charge in [-0.3, -0.25) is 14.3 Å². The summed E-state index contributed by atoms with van der Waals surface area (Å²) in [4.78, 5) is 24.7. The molecule has 0 amide bonds. The van der Waals surface area contributed by atoms with Crippen LogP contribution < -0.4 is 11.2 Å². The van der Waals surface area contributed by atoms with Crippen molar-refractivity contribution in [3.63, 3.8) is 0 Å². The summed E-state index contributed by atoms with van der Waals surface area (Å²) >= 11 is 0. The predicted molar refractivity (Wildman–Crippen MR) is 73.3 cm³/mol. The molecule has 20 heavy (non-hydrogen) atoms. The third-order valence-corrected chi connectivity index (χ3v) is 5.87. The van der Waals surface area contributed by atoms with E-state index in [2.05, 4.69) is 0 Å². The van der Waals surface area contributed by atoms with Gasteiger partial charge in [-0.1, -0.05) is 6.42 Å². The standard InChI is InChI=1S/C12H15ClN2O4S/c13-20(18,19)10-6-15(12(17)14-11(10)16)5-9-4-7-1-2-8(9)3-7/h6-9H,1-5H2,(H,14,16,17). The van der Waals surface area contributed by atoms with Gasteiger partial charge in [0.1, 0.15) is 0 Å². The first-order valence-corrected chi connectivity index (χ1v) is 8.94. The van der Waals surface area contributed by atoms with Crippen LogP contribution in [0.2, 0.25) is 0 Å². The lowest BCUT2D eigenvalue weighted by Gasteiger charge is -2.22. The minimum Gasteiger partial charge on any atom is -0.299 e. The number of nitrogens with zero attached hydrogens (tertiary/aromatic N) is 1. The van der Waals surface area contributed by atoms with Crippen LogP contribution in [-0.4, -0.2) is 18.0 Å². The van der Waals surface area contributed by atoms with Crippen LogP contribution in [0.5, 0.6) is 0 Å². The maximum Gasteiger partial charge on any atom is 0.328 e. The van der Waals surface area contributed by atoms with Crippen LogP contribution in [0.4, 0.5) is 0 Å². The Labute approximate surface area is 120 Å². The van der Waals surface area contributed by atoms with Gasteiger partial charge in [-0.15, -0.1) is 0 Å². The average Bonchev–Trinajstić information content (AvgIpc) is 2.93. The molecule has 8 heteroatoms. The number of nitrogens with one attached hydrogen (secondary N) is 1. The Hall–Kier alpha value is -1.08. The van der Waals surface area contributed by atoms with Crippen molar-refractivity contribution in [2.24, 2.45) is 17.8 Å². The maximum absolute atomic E-state index is 11.8. The smallest absolute Gasteiger partial charge is 0.299 e. The molecule has 1 aromatic heterocycles. The fraction of sp³-hybridized carbons (Fsp3) is 0.667. The van der Waals surface area contributed by atoms with E-state index >= 15 is 0 Å². The molecule has 1 N–H and O–H groups in total. The number of H-pyrrole nitrogens is 1. The number of hydrogen-bond donors (Lipinski definition) is 1. The Morgan fingerprint density at radius 2 is 2.05 bits per heavy atom. The number of aromatic nitrogens is 2. The molecule has 2 aliphatic rings. The van der Waals surface area contributed by atoms with Gasteiger partial charge in [0.2, 0.25) is 0 Å². The highest BCUT2D eigenvalue weighted by Crippen LogP contribution is 2.48. The van der Waals surface area contributed by atoms with Crippen molar-refractivity contribution in [2.75, 3.05) is 0 Å². The van der Waals surface area contributed by atoms with Gasteiger partial charge in [0.15, 0.2) is 4.90 Å². The summed E-state index contributed by atoms with van der Waals surface area (Å²) < 4.78 is 23.9. The molecule has 0 spiro atoms. The number of halogens is 1. The number of hydrogen-bond acceptors (Lipinski definition) is 4. The molecule has 1 heterocycles. The van der Waals surface area contributed by atoms with Crippen LogP contribution in [0.3, 0.4) is 0 Å². The highest BCUT2D eigenvalue weighted by atomic mass is 35.7. The average molecular weight is 319 g/mol. The normalized spacial score (nSPS) is 28.9. The SMILES string of the molecule is O=c1[nH]c(=O)n(CC2CC3CCC2C3)cc1S(=O)(=O)Cl. The molecule has 0 aromatic carbocycles. The second-order valence-corrected chi connectivity index (χ2v) is 8.31. The molecule has 2 aliphatic carbocycles. The lowest BCUT2D eigenvalue weighted by molar-refractivity contribution is 0.290. The molecule has 2 saturated carbocycles. The Kier molecular flexibility index (Phi) is 3.29. The zero-order valence-electron chi connectivity index (χ0n) is 10.7. The van der Waals surface area contributed by atoms with E-state index in [9.17, 15) is 18.0 Å².